The molecule has 0 fully saturated rings. The van der Waals surface area contributed by atoms with E-state index in [9.17, 15) is 13.6 Å². The minimum Gasteiger partial charge on any atom is -0.480 e. The quantitative estimate of drug-likeness (QED) is 0.926. The van der Waals surface area contributed by atoms with Gasteiger partial charge in [0.15, 0.2) is 5.82 Å². The number of nitrogens with zero attached hydrogens (tertiary/aromatic N) is 4. The Morgan fingerprint density at radius 1 is 1.39 bits per heavy atom. The van der Waals surface area contributed by atoms with Crippen LogP contribution in [0.2, 0.25) is 0 Å². The van der Waals surface area contributed by atoms with Gasteiger partial charge in [-0.25, -0.2) is 13.5 Å². The summed E-state index contributed by atoms with van der Waals surface area (Å²) in [6, 6.07) is 2.08. The highest BCUT2D eigenvalue weighted by Gasteiger charge is 2.20. The van der Waals surface area contributed by atoms with Crippen LogP contribution in [-0.2, 0) is 11.3 Å². The molecule has 1 aromatic carbocycles. The zero-order chi connectivity index (χ0) is 13.3. The number of carboxylic acids is 1. The summed E-state index contributed by atoms with van der Waals surface area (Å²) in [5, 5.41) is 18.6. The van der Waals surface area contributed by atoms with E-state index in [2.05, 4.69) is 31.5 Å². The van der Waals surface area contributed by atoms with Crippen molar-refractivity contribution in [3.05, 3.63) is 28.2 Å². The maximum atomic E-state index is 13.7. The van der Waals surface area contributed by atoms with Gasteiger partial charge in [0.05, 0.1) is 5.56 Å². The average molecular weight is 319 g/mol. The van der Waals surface area contributed by atoms with Crippen molar-refractivity contribution in [3.63, 3.8) is 0 Å². The van der Waals surface area contributed by atoms with Crippen molar-refractivity contribution >= 4 is 21.9 Å². The van der Waals surface area contributed by atoms with E-state index in [4.69, 9.17) is 5.11 Å². The number of benzene rings is 1. The van der Waals surface area contributed by atoms with Crippen molar-refractivity contribution in [2.24, 2.45) is 0 Å². The molecule has 1 heterocycles. The first-order valence-corrected chi connectivity index (χ1v) is 5.41. The number of carboxylic acid groups (broad SMARTS) is 1. The largest absolute Gasteiger partial charge is 0.480 e. The standard InChI is InChI=1S/C9H5BrF2N4O2/c10-4-1-5(11)8(6(12)2-4)9-13-14-15-16(9)3-7(17)18/h1-2H,3H2,(H,17,18). The fraction of sp³-hybridized carbons (Fsp3) is 0.111. The predicted octanol–water partition coefficient (Wildman–Crippen LogP) is 1.47. The molecule has 2 rings (SSSR count). The first-order chi connectivity index (χ1) is 8.49. The molecule has 0 aliphatic carbocycles. The Kier molecular flexibility index (Phi) is 3.32. The van der Waals surface area contributed by atoms with Gasteiger partial charge in [0.25, 0.3) is 0 Å². The Morgan fingerprint density at radius 3 is 2.56 bits per heavy atom. The molecule has 9 heteroatoms. The summed E-state index contributed by atoms with van der Waals surface area (Å²) in [6.07, 6.45) is 0. The molecule has 0 atom stereocenters. The summed E-state index contributed by atoms with van der Waals surface area (Å²) in [5.74, 6) is -3.27. The average Bonchev–Trinajstić information content (AvgIpc) is 2.63. The van der Waals surface area contributed by atoms with Crippen LogP contribution in [0.25, 0.3) is 11.4 Å². The number of hydrogen-bond acceptors (Lipinski definition) is 4. The van der Waals surface area contributed by atoms with Crippen molar-refractivity contribution in [2.75, 3.05) is 0 Å². The number of aromatic nitrogens is 4. The molecule has 0 aliphatic heterocycles. The second kappa shape index (κ2) is 4.77. The summed E-state index contributed by atoms with van der Waals surface area (Å²) in [5.41, 5.74) is -0.468. The van der Waals surface area contributed by atoms with E-state index in [1.54, 1.807) is 0 Å². The fourth-order valence-corrected chi connectivity index (χ4v) is 1.78. The topological polar surface area (TPSA) is 80.9 Å². The molecule has 0 unspecified atom stereocenters. The molecule has 0 aliphatic rings. The Labute approximate surface area is 107 Å². The van der Waals surface area contributed by atoms with Gasteiger partial charge in [-0.15, -0.1) is 5.10 Å². The fourth-order valence-electron chi connectivity index (χ4n) is 1.37. The number of halogens is 3. The minimum absolute atomic E-state index is 0.221. The van der Waals surface area contributed by atoms with Crippen LogP contribution in [0.3, 0.4) is 0 Å². The molecule has 0 radical (unpaired) electrons. The smallest absolute Gasteiger partial charge is 0.325 e. The van der Waals surface area contributed by atoms with Crippen LogP contribution >= 0.6 is 15.9 Å². The second-order valence-electron chi connectivity index (χ2n) is 3.30. The summed E-state index contributed by atoms with van der Waals surface area (Å²) < 4.78 is 28.4. The molecule has 0 saturated carbocycles. The van der Waals surface area contributed by atoms with E-state index in [-0.39, 0.29) is 10.3 Å². The summed E-state index contributed by atoms with van der Waals surface area (Å²) >= 11 is 2.94. The zero-order valence-electron chi connectivity index (χ0n) is 8.64. The lowest BCUT2D eigenvalue weighted by atomic mass is 10.2. The van der Waals surface area contributed by atoms with Gasteiger partial charge >= 0.3 is 5.97 Å². The van der Waals surface area contributed by atoms with Gasteiger partial charge in [-0.2, -0.15) is 0 Å². The highest BCUT2D eigenvalue weighted by Crippen LogP contribution is 2.27. The third-order valence-corrected chi connectivity index (χ3v) is 2.51. The van der Waals surface area contributed by atoms with E-state index in [1.807, 2.05) is 0 Å². The van der Waals surface area contributed by atoms with Crippen LogP contribution in [0.4, 0.5) is 8.78 Å². The van der Waals surface area contributed by atoms with Crippen LogP contribution in [-0.4, -0.2) is 31.3 Å². The Bertz CT molecular complexity index is 593. The predicted molar refractivity (Wildman–Crippen MR) is 58.5 cm³/mol. The summed E-state index contributed by atoms with van der Waals surface area (Å²) in [6.45, 7) is -0.586. The van der Waals surface area contributed by atoms with Gasteiger partial charge in [0, 0.05) is 4.47 Å². The van der Waals surface area contributed by atoms with Gasteiger partial charge in [0.1, 0.15) is 18.2 Å². The van der Waals surface area contributed by atoms with E-state index in [1.165, 1.54) is 0 Å². The van der Waals surface area contributed by atoms with Crippen molar-refractivity contribution < 1.29 is 18.7 Å². The zero-order valence-corrected chi connectivity index (χ0v) is 10.2. The molecule has 2 aromatic rings. The van der Waals surface area contributed by atoms with Gasteiger partial charge < -0.3 is 5.11 Å². The van der Waals surface area contributed by atoms with Crippen LogP contribution in [0, 0.1) is 11.6 Å². The number of rotatable bonds is 3. The molecule has 1 aromatic heterocycles. The van der Waals surface area contributed by atoms with E-state index in [0.29, 0.717) is 0 Å². The molecule has 94 valence electrons. The first-order valence-electron chi connectivity index (χ1n) is 4.62. The SMILES string of the molecule is O=C(O)Cn1nnnc1-c1c(F)cc(Br)cc1F. The van der Waals surface area contributed by atoms with E-state index < -0.39 is 29.7 Å². The van der Waals surface area contributed by atoms with E-state index in [0.717, 1.165) is 16.8 Å². The molecule has 1 N–H and O–H groups in total. The van der Waals surface area contributed by atoms with Crippen LogP contribution in [0.15, 0.2) is 16.6 Å². The van der Waals surface area contributed by atoms with Gasteiger partial charge in [-0.05, 0) is 22.6 Å². The van der Waals surface area contributed by atoms with Crippen molar-refractivity contribution in [1.82, 2.24) is 20.2 Å². The van der Waals surface area contributed by atoms with Crippen molar-refractivity contribution in [2.45, 2.75) is 6.54 Å². The molecule has 18 heavy (non-hydrogen) atoms. The highest BCUT2D eigenvalue weighted by atomic mass is 79.9. The Hall–Kier alpha value is -1.90. The maximum absolute atomic E-state index is 13.7. The Balaban J connectivity index is 2.56. The maximum Gasteiger partial charge on any atom is 0.325 e. The molecule has 6 nitrogen and oxygen atoms in total. The number of carbonyl (C=O) groups is 1. The minimum atomic E-state index is -1.22. The van der Waals surface area contributed by atoms with Crippen molar-refractivity contribution in [3.8, 4) is 11.4 Å². The van der Waals surface area contributed by atoms with Crippen molar-refractivity contribution in [1.29, 1.82) is 0 Å². The molecule has 0 amide bonds. The van der Waals surface area contributed by atoms with E-state index >= 15 is 0 Å². The normalized spacial score (nSPS) is 10.6. The molecule has 0 bridgehead atoms. The highest BCUT2D eigenvalue weighted by molar-refractivity contribution is 9.10. The van der Waals surface area contributed by atoms with Gasteiger partial charge in [0.2, 0.25) is 0 Å². The molecule has 0 spiro atoms. The van der Waals surface area contributed by atoms with Gasteiger partial charge in [-0.1, -0.05) is 15.9 Å². The molecular formula is C9H5BrF2N4O2. The van der Waals surface area contributed by atoms with Crippen LogP contribution < -0.4 is 0 Å². The summed E-state index contributed by atoms with van der Waals surface area (Å²) in [4.78, 5) is 10.6. The number of tetrazole rings is 1. The van der Waals surface area contributed by atoms with Crippen LogP contribution in [0.1, 0.15) is 0 Å². The summed E-state index contributed by atoms with van der Waals surface area (Å²) in [7, 11) is 0. The lowest BCUT2D eigenvalue weighted by Crippen LogP contribution is -2.12. The monoisotopic (exact) mass is 318 g/mol. The second-order valence-corrected chi connectivity index (χ2v) is 4.21. The van der Waals surface area contributed by atoms with Gasteiger partial charge in [-0.3, -0.25) is 4.79 Å². The third kappa shape index (κ3) is 2.35. The molecular weight excluding hydrogens is 314 g/mol. The lowest BCUT2D eigenvalue weighted by Gasteiger charge is -2.05. The number of hydrogen-bond donors (Lipinski definition) is 1. The molecule has 0 saturated heterocycles. The third-order valence-electron chi connectivity index (χ3n) is 2.05. The Morgan fingerprint density at radius 2 is 2.00 bits per heavy atom. The number of aliphatic carboxylic acids is 1. The first kappa shape index (κ1) is 12.6. The van der Waals surface area contributed by atoms with Crippen LogP contribution in [0.5, 0.6) is 0 Å². The lowest BCUT2D eigenvalue weighted by molar-refractivity contribution is -0.137.